The zero-order chi connectivity index (χ0) is 33.4. The minimum Gasteiger partial charge on any atom is -0.387 e. The summed E-state index contributed by atoms with van der Waals surface area (Å²) in [5, 5.41) is 23.2. The molecule has 0 aromatic rings. The molecule has 45 heavy (non-hydrogen) atoms. The van der Waals surface area contributed by atoms with E-state index in [1.807, 2.05) is 0 Å². The van der Waals surface area contributed by atoms with Crippen LogP contribution in [0.2, 0.25) is 0 Å². The first-order chi connectivity index (χ1) is 21.7. The smallest absolute Gasteiger partial charge is 0.267 e. The Hall–Kier alpha value is -1.48. The fourth-order valence-corrected chi connectivity index (χ4v) is 6.01. The van der Waals surface area contributed by atoms with Crippen molar-refractivity contribution >= 4 is 16.0 Å². The second-order valence-electron chi connectivity index (χ2n) is 12.6. The Labute approximate surface area is 277 Å². The molecule has 0 radical (unpaired) electrons. The molecule has 8 heteroatoms. The second kappa shape index (κ2) is 31.1. The molecule has 3 atom stereocenters. The van der Waals surface area contributed by atoms with Gasteiger partial charge in [-0.05, 0) is 51.4 Å². The number of hydrogen-bond acceptors (Lipinski definition) is 5. The lowest BCUT2D eigenvalue weighted by atomic mass is 10.0. The minimum atomic E-state index is -4.45. The molecule has 7 nitrogen and oxygen atoms in total. The van der Waals surface area contributed by atoms with E-state index in [9.17, 15) is 28.0 Å². The number of aliphatic hydroxyl groups is 2. The van der Waals surface area contributed by atoms with Gasteiger partial charge in [-0.3, -0.25) is 9.35 Å². The Morgan fingerprint density at radius 2 is 1.02 bits per heavy atom. The third-order valence-electron chi connectivity index (χ3n) is 8.15. The molecule has 0 aromatic carbocycles. The van der Waals surface area contributed by atoms with Crippen LogP contribution in [0, 0.1) is 0 Å². The van der Waals surface area contributed by atoms with Crippen molar-refractivity contribution in [3.63, 3.8) is 0 Å². The molecule has 0 saturated carbocycles. The Kier molecular flexibility index (Phi) is 30.1. The topological polar surface area (TPSA) is 124 Å². The van der Waals surface area contributed by atoms with E-state index in [1.54, 1.807) is 6.08 Å². The van der Waals surface area contributed by atoms with E-state index in [-0.39, 0.29) is 6.42 Å². The number of carbonyl (C=O) groups is 1. The van der Waals surface area contributed by atoms with Crippen LogP contribution in [0.15, 0.2) is 36.5 Å². The van der Waals surface area contributed by atoms with Crippen molar-refractivity contribution in [2.24, 2.45) is 0 Å². The van der Waals surface area contributed by atoms with Gasteiger partial charge in [-0.25, -0.2) is 0 Å². The van der Waals surface area contributed by atoms with Gasteiger partial charge < -0.3 is 15.5 Å². The zero-order valence-electron chi connectivity index (χ0n) is 28.8. The fourth-order valence-electron chi connectivity index (χ4n) is 5.27. The quantitative estimate of drug-likeness (QED) is 0.0326. The molecule has 0 saturated heterocycles. The van der Waals surface area contributed by atoms with Gasteiger partial charge >= 0.3 is 0 Å². The summed E-state index contributed by atoms with van der Waals surface area (Å²) in [6.07, 6.45) is 36.4. The first-order valence-corrected chi connectivity index (χ1v) is 19.9. The van der Waals surface area contributed by atoms with Crippen molar-refractivity contribution in [3.8, 4) is 0 Å². The van der Waals surface area contributed by atoms with E-state index in [0.29, 0.717) is 12.8 Å². The highest BCUT2D eigenvalue weighted by Gasteiger charge is 2.27. The molecule has 0 spiro atoms. The number of aliphatic hydroxyl groups excluding tert-OH is 2. The Morgan fingerprint density at radius 3 is 1.53 bits per heavy atom. The lowest BCUT2D eigenvalue weighted by Gasteiger charge is -2.22. The van der Waals surface area contributed by atoms with E-state index in [1.165, 1.54) is 96.0 Å². The van der Waals surface area contributed by atoms with Gasteiger partial charge in [0.2, 0.25) is 5.91 Å². The number of allylic oxidation sites excluding steroid dienone is 5. The van der Waals surface area contributed by atoms with Crippen LogP contribution in [-0.2, 0) is 14.9 Å². The van der Waals surface area contributed by atoms with Gasteiger partial charge in [0, 0.05) is 0 Å². The number of unbranched alkanes of at least 4 members (excludes halogenated alkanes) is 19. The highest BCUT2D eigenvalue weighted by atomic mass is 32.2. The molecule has 0 rings (SSSR count). The fraction of sp³-hybridized carbons (Fsp3) is 0.811. The van der Waals surface area contributed by atoms with E-state index in [0.717, 1.165) is 44.9 Å². The minimum absolute atomic E-state index is 0.258. The second-order valence-corrected chi connectivity index (χ2v) is 14.1. The normalized spacial score (nSPS) is 14.5. The average Bonchev–Trinajstić information content (AvgIpc) is 3.00. The summed E-state index contributed by atoms with van der Waals surface area (Å²) >= 11 is 0. The standard InChI is InChI=1S/C37H69NO6S/c1-3-5-7-9-11-13-15-16-17-18-19-20-21-22-24-25-27-29-31-35(39)34(33-45(42,43)44)38-37(41)36(40)32-30-28-26-23-14-12-10-8-6-4-2/h10,12,22,24,29,31,34-36,39-40H,3-9,11,13-21,23,25-28,30,32-33H2,1-2H3,(H,38,41)(H,42,43,44)/b12-10-,24-22+,31-29+. The van der Waals surface area contributed by atoms with Crippen molar-refractivity contribution in [1.29, 1.82) is 0 Å². The van der Waals surface area contributed by atoms with Crippen molar-refractivity contribution < 1.29 is 28.0 Å². The van der Waals surface area contributed by atoms with Crippen molar-refractivity contribution in [1.82, 2.24) is 5.32 Å². The van der Waals surface area contributed by atoms with E-state index in [4.69, 9.17) is 0 Å². The average molecular weight is 656 g/mol. The third kappa shape index (κ3) is 30.9. The molecule has 0 aliphatic rings. The van der Waals surface area contributed by atoms with Gasteiger partial charge in [-0.2, -0.15) is 8.42 Å². The molecule has 4 N–H and O–H groups in total. The van der Waals surface area contributed by atoms with Crippen molar-refractivity contribution in [2.75, 3.05) is 5.75 Å². The van der Waals surface area contributed by atoms with Crippen molar-refractivity contribution in [2.45, 2.75) is 186 Å². The molecule has 0 aliphatic carbocycles. The predicted octanol–water partition coefficient (Wildman–Crippen LogP) is 9.15. The number of carbonyl (C=O) groups excluding carboxylic acids is 1. The van der Waals surface area contributed by atoms with Crippen LogP contribution >= 0.6 is 0 Å². The Morgan fingerprint density at radius 1 is 0.600 bits per heavy atom. The van der Waals surface area contributed by atoms with E-state index in [2.05, 4.69) is 43.5 Å². The van der Waals surface area contributed by atoms with Crippen LogP contribution in [0.1, 0.15) is 168 Å². The number of hydrogen-bond donors (Lipinski definition) is 4. The van der Waals surface area contributed by atoms with Crippen LogP contribution in [0.5, 0.6) is 0 Å². The highest BCUT2D eigenvalue weighted by Crippen LogP contribution is 2.13. The van der Waals surface area contributed by atoms with Crippen LogP contribution in [0.3, 0.4) is 0 Å². The lowest BCUT2D eigenvalue weighted by molar-refractivity contribution is -0.130. The molecule has 0 heterocycles. The first kappa shape index (κ1) is 43.5. The van der Waals surface area contributed by atoms with Gasteiger partial charge in [0.05, 0.1) is 17.9 Å². The largest absolute Gasteiger partial charge is 0.387 e. The van der Waals surface area contributed by atoms with Gasteiger partial charge in [0.1, 0.15) is 6.10 Å². The van der Waals surface area contributed by atoms with Crippen molar-refractivity contribution in [3.05, 3.63) is 36.5 Å². The number of rotatable bonds is 32. The van der Waals surface area contributed by atoms with E-state index >= 15 is 0 Å². The van der Waals surface area contributed by atoms with Crippen LogP contribution < -0.4 is 5.32 Å². The highest BCUT2D eigenvalue weighted by molar-refractivity contribution is 7.85. The molecule has 0 bridgehead atoms. The van der Waals surface area contributed by atoms with Gasteiger partial charge in [0.25, 0.3) is 10.1 Å². The summed E-state index contributed by atoms with van der Waals surface area (Å²) in [5.74, 6) is -1.57. The molecule has 3 unspecified atom stereocenters. The summed E-state index contributed by atoms with van der Waals surface area (Å²) < 4.78 is 32.3. The number of amides is 1. The molecule has 0 aliphatic heterocycles. The summed E-state index contributed by atoms with van der Waals surface area (Å²) in [5.41, 5.74) is 0. The summed E-state index contributed by atoms with van der Waals surface area (Å²) in [6, 6.07) is -1.25. The van der Waals surface area contributed by atoms with Gasteiger partial charge in [-0.1, -0.05) is 153 Å². The monoisotopic (exact) mass is 655 g/mol. The van der Waals surface area contributed by atoms with Crippen LogP contribution in [0.25, 0.3) is 0 Å². The van der Waals surface area contributed by atoms with E-state index < -0.39 is 40.0 Å². The van der Waals surface area contributed by atoms with Crippen LogP contribution in [-0.4, -0.2) is 53.1 Å². The number of nitrogens with one attached hydrogen (secondary N) is 1. The summed E-state index contributed by atoms with van der Waals surface area (Å²) in [6.45, 7) is 4.44. The molecular formula is C37H69NO6S. The molecule has 264 valence electrons. The van der Waals surface area contributed by atoms with Gasteiger partial charge in [-0.15, -0.1) is 0 Å². The predicted molar refractivity (Wildman–Crippen MR) is 190 cm³/mol. The van der Waals surface area contributed by atoms with Crippen LogP contribution in [0.4, 0.5) is 0 Å². The molecule has 1 amide bonds. The summed E-state index contributed by atoms with van der Waals surface area (Å²) in [7, 11) is -4.45. The SMILES string of the molecule is CCCC/C=C\CCCCCCC(O)C(=O)NC(CS(=O)(=O)O)C(O)/C=C/CC/C=C/CCCCCCCCCCCCCC. The molecular weight excluding hydrogens is 586 g/mol. The first-order valence-electron chi connectivity index (χ1n) is 18.3. The Balaban J connectivity index is 4.16. The maximum atomic E-state index is 12.5. The maximum Gasteiger partial charge on any atom is 0.267 e. The van der Waals surface area contributed by atoms with Gasteiger partial charge in [0.15, 0.2) is 0 Å². The lowest BCUT2D eigenvalue weighted by Crippen LogP contribution is -2.50. The Bertz CT molecular complexity index is 870. The molecule has 0 fully saturated rings. The third-order valence-corrected chi connectivity index (χ3v) is 8.93. The summed E-state index contributed by atoms with van der Waals surface area (Å²) in [4.78, 5) is 12.5. The zero-order valence-corrected chi connectivity index (χ0v) is 29.7. The molecule has 0 aromatic heterocycles. The maximum absolute atomic E-state index is 12.5.